The molecule has 2 heterocycles. The van der Waals surface area contributed by atoms with Gasteiger partial charge in [0.25, 0.3) is 0 Å². The summed E-state index contributed by atoms with van der Waals surface area (Å²) in [5, 5.41) is 13.8. The molecule has 0 saturated carbocycles. The largest absolute Gasteiger partial charge is 0.495 e. The lowest BCUT2D eigenvalue weighted by Gasteiger charge is -2.05. The second-order valence-corrected chi connectivity index (χ2v) is 3.42. The van der Waals surface area contributed by atoms with Crippen molar-refractivity contribution in [1.82, 2.24) is 14.8 Å². The van der Waals surface area contributed by atoms with Crippen LogP contribution in [0.4, 0.5) is 0 Å². The molecule has 0 atom stereocenters. The number of fused-ring (bicyclic) bond motifs is 1. The third-order valence-electron chi connectivity index (χ3n) is 2.41. The first-order valence-corrected chi connectivity index (χ1v) is 4.66. The van der Waals surface area contributed by atoms with Crippen LogP contribution in [0, 0.1) is 6.92 Å². The number of hydrogen-bond donors (Lipinski definition) is 1. The van der Waals surface area contributed by atoms with E-state index < -0.39 is 5.97 Å². The molecule has 6 heteroatoms. The van der Waals surface area contributed by atoms with Gasteiger partial charge in [0.1, 0.15) is 11.3 Å². The lowest BCUT2D eigenvalue weighted by molar-refractivity contribution is 0.0693. The Morgan fingerprint density at radius 3 is 2.81 bits per heavy atom. The second-order valence-electron chi connectivity index (χ2n) is 3.42. The Hall–Kier alpha value is -2.11. The van der Waals surface area contributed by atoms with Crippen LogP contribution in [-0.2, 0) is 7.05 Å². The summed E-state index contributed by atoms with van der Waals surface area (Å²) >= 11 is 0. The molecule has 0 radical (unpaired) electrons. The topological polar surface area (TPSA) is 77.2 Å². The smallest absolute Gasteiger partial charge is 0.341 e. The molecule has 1 N–H and O–H groups in total. The Morgan fingerprint density at radius 2 is 2.25 bits per heavy atom. The number of nitrogens with zero attached hydrogens (tertiary/aromatic N) is 3. The van der Waals surface area contributed by atoms with Crippen LogP contribution in [0.2, 0.25) is 0 Å². The van der Waals surface area contributed by atoms with Crippen LogP contribution in [-0.4, -0.2) is 33.0 Å². The Kier molecular flexibility index (Phi) is 2.26. The van der Waals surface area contributed by atoms with Gasteiger partial charge in [0.05, 0.1) is 18.2 Å². The summed E-state index contributed by atoms with van der Waals surface area (Å²) in [5.74, 6) is -0.752. The van der Waals surface area contributed by atoms with Gasteiger partial charge in [0.2, 0.25) is 0 Å². The summed E-state index contributed by atoms with van der Waals surface area (Å²) in [6.07, 6.45) is 1.28. The predicted octanol–water partition coefficient (Wildman–Crippen LogP) is 0.984. The van der Waals surface area contributed by atoms with Gasteiger partial charge >= 0.3 is 5.97 Å². The molecule has 2 aromatic heterocycles. The van der Waals surface area contributed by atoms with Crippen molar-refractivity contribution in [2.24, 2.45) is 7.05 Å². The van der Waals surface area contributed by atoms with Crippen LogP contribution < -0.4 is 4.74 Å². The average Bonchev–Trinajstić information content (AvgIpc) is 2.53. The Morgan fingerprint density at radius 1 is 1.56 bits per heavy atom. The van der Waals surface area contributed by atoms with E-state index in [1.54, 1.807) is 18.7 Å². The number of aryl methyl sites for hydroxylation is 2. The van der Waals surface area contributed by atoms with E-state index in [0.29, 0.717) is 22.5 Å². The molecule has 0 bridgehead atoms. The molecule has 0 amide bonds. The molecule has 2 rings (SSSR count). The fraction of sp³-hybridized carbons (Fsp3) is 0.300. The molecular formula is C10H11N3O3. The number of aromatic nitrogens is 3. The van der Waals surface area contributed by atoms with Gasteiger partial charge in [0, 0.05) is 13.2 Å². The molecule has 0 unspecified atom stereocenters. The van der Waals surface area contributed by atoms with Crippen molar-refractivity contribution in [2.45, 2.75) is 6.92 Å². The van der Waals surface area contributed by atoms with Crippen LogP contribution in [0.15, 0.2) is 6.20 Å². The molecule has 6 nitrogen and oxygen atoms in total. The molecule has 0 saturated heterocycles. The third-order valence-corrected chi connectivity index (χ3v) is 2.41. The first-order valence-electron chi connectivity index (χ1n) is 4.66. The number of hydrogen-bond acceptors (Lipinski definition) is 4. The zero-order valence-electron chi connectivity index (χ0n) is 9.18. The molecule has 84 valence electrons. The quantitative estimate of drug-likeness (QED) is 0.818. The predicted molar refractivity (Wildman–Crippen MR) is 56.8 cm³/mol. The van der Waals surface area contributed by atoms with Gasteiger partial charge in [-0.15, -0.1) is 0 Å². The molecule has 0 aromatic carbocycles. The average molecular weight is 221 g/mol. The fourth-order valence-electron chi connectivity index (χ4n) is 1.74. The Labute approximate surface area is 91.5 Å². The number of methoxy groups -OCH3 is 1. The number of ether oxygens (including phenoxy) is 1. The number of pyridine rings is 1. The third kappa shape index (κ3) is 1.30. The maximum atomic E-state index is 11.0. The van der Waals surface area contributed by atoms with E-state index in [1.807, 2.05) is 0 Å². The van der Waals surface area contributed by atoms with Crippen LogP contribution in [0.5, 0.6) is 5.75 Å². The van der Waals surface area contributed by atoms with Crippen molar-refractivity contribution in [2.75, 3.05) is 7.11 Å². The zero-order chi connectivity index (χ0) is 11.9. The molecule has 2 aromatic rings. The SMILES string of the molecule is COc1c(C(=O)O)cnc2c1c(C)nn2C. The van der Waals surface area contributed by atoms with E-state index in [1.165, 1.54) is 13.3 Å². The van der Waals surface area contributed by atoms with Crippen molar-refractivity contribution in [1.29, 1.82) is 0 Å². The van der Waals surface area contributed by atoms with Gasteiger partial charge in [-0.3, -0.25) is 4.68 Å². The summed E-state index contributed by atoms with van der Waals surface area (Å²) in [6, 6.07) is 0. The van der Waals surface area contributed by atoms with Gasteiger partial charge in [0.15, 0.2) is 5.65 Å². The number of carboxylic acid groups (broad SMARTS) is 1. The van der Waals surface area contributed by atoms with Gasteiger partial charge in [-0.1, -0.05) is 0 Å². The maximum Gasteiger partial charge on any atom is 0.341 e. The minimum atomic E-state index is -1.06. The number of aromatic carboxylic acids is 1. The van der Waals surface area contributed by atoms with E-state index in [4.69, 9.17) is 9.84 Å². The molecule has 0 spiro atoms. The first kappa shape index (κ1) is 10.4. The van der Waals surface area contributed by atoms with Gasteiger partial charge in [-0.25, -0.2) is 9.78 Å². The maximum absolute atomic E-state index is 11.0. The molecular weight excluding hydrogens is 210 g/mol. The minimum absolute atomic E-state index is 0.0473. The van der Waals surface area contributed by atoms with Crippen LogP contribution in [0.1, 0.15) is 16.1 Å². The van der Waals surface area contributed by atoms with E-state index in [0.717, 1.165) is 0 Å². The summed E-state index contributed by atoms with van der Waals surface area (Å²) in [6.45, 7) is 1.79. The Bertz CT molecular complexity index is 574. The summed E-state index contributed by atoms with van der Waals surface area (Å²) in [4.78, 5) is 15.1. The van der Waals surface area contributed by atoms with E-state index in [-0.39, 0.29) is 5.56 Å². The molecule has 0 aliphatic rings. The standard InChI is InChI=1S/C10H11N3O3/c1-5-7-8(16-3)6(10(14)15)4-11-9(7)13(2)12-5/h4H,1-3H3,(H,14,15). The normalized spacial score (nSPS) is 10.7. The van der Waals surface area contributed by atoms with Crippen molar-refractivity contribution >= 4 is 17.0 Å². The van der Waals surface area contributed by atoms with Crippen molar-refractivity contribution < 1.29 is 14.6 Å². The summed E-state index contributed by atoms with van der Waals surface area (Å²) in [7, 11) is 3.19. The highest BCUT2D eigenvalue weighted by Gasteiger charge is 2.19. The molecule has 16 heavy (non-hydrogen) atoms. The van der Waals surface area contributed by atoms with E-state index >= 15 is 0 Å². The van der Waals surface area contributed by atoms with E-state index in [9.17, 15) is 4.79 Å². The fourth-order valence-corrected chi connectivity index (χ4v) is 1.74. The first-order chi connectivity index (χ1) is 7.56. The van der Waals surface area contributed by atoms with Gasteiger partial charge in [-0.05, 0) is 6.92 Å². The summed E-state index contributed by atoms with van der Waals surface area (Å²) in [5.41, 5.74) is 1.36. The van der Waals surface area contributed by atoms with Crippen molar-refractivity contribution in [3.8, 4) is 5.75 Å². The summed E-state index contributed by atoms with van der Waals surface area (Å²) < 4.78 is 6.74. The number of carbonyl (C=O) groups is 1. The monoisotopic (exact) mass is 221 g/mol. The highest BCUT2D eigenvalue weighted by Crippen LogP contribution is 2.30. The van der Waals surface area contributed by atoms with Gasteiger partial charge < -0.3 is 9.84 Å². The molecule has 0 aliphatic carbocycles. The van der Waals surface area contributed by atoms with Crippen LogP contribution >= 0.6 is 0 Å². The number of rotatable bonds is 2. The van der Waals surface area contributed by atoms with Gasteiger partial charge in [-0.2, -0.15) is 5.10 Å². The van der Waals surface area contributed by atoms with E-state index in [2.05, 4.69) is 10.1 Å². The molecule has 0 fully saturated rings. The number of carboxylic acids is 1. The van der Waals surface area contributed by atoms with Crippen molar-refractivity contribution in [3.63, 3.8) is 0 Å². The van der Waals surface area contributed by atoms with Crippen LogP contribution in [0.3, 0.4) is 0 Å². The zero-order valence-corrected chi connectivity index (χ0v) is 9.18. The highest BCUT2D eigenvalue weighted by molar-refractivity contribution is 5.98. The lowest BCUT2D eigenvalue weighted by Crippen LogP contribution is -2.02. The van der Waals surface area contributed by atoms with Crippen LogP contribution in [0.25, 0.3) is 11.0 Å². The minimum Gasteiger partial charge on any atom is -0.495 e. The lowest BCUT2D eigenvalue weighted by atomic mass is 10.2. The highest BCUT2D eigenvalue weighted by atomic mass is 16.5. The molecule has 0 aliphatic heterocycles. The Balaban J connectivity index is 2.90. The second kappa shape index (κ2) is 3.48. The van der Waals surface area contributed by atoms with Crippen molar-refractivity contribution in [3.05, 3.63) is 17.5 Å².